The third kappa shape index (κ3) is 2.18. The van der Waals surface area contributed by atoms with E-state index in [1.54, 1.807) is 0 Å². The van der Waals surface area contributed by atoms with Crippen molar-refractivity contribution in [3.05, 3.63) is 60.2 Å². The molecular weight excluding hydrogens is 250 g/mol. The molecule has 0 saturated heterocycles. The van der Waals surface area contributed by atoms with Crippen LogP contribution in [-0.4, -0.2) is 6.09 Å². The number of hydrogen-bond acceptors (Lipinski definition) is 1. The number of benzene rings is 3. The maximum Gasteiger partial charge on any atom is 0.451 e. The molecule has 3 heteroatoms. The van der Waals surface area contributed by atoms with Crippen LogP contribution in [0.25, 0.3) is 21.5 Å². The molecule has 0 saturated carbocycles. The van der Waals surface area contributed by atoms with Crippen molar-refractivity contribution in [1.82, 2.24) is 5.32 Å². The number of nitrogens with one attached hydrogen (secondary N) is 1. The second-order valence-electron chi connectivity index (χ2n) is 4.92. The van der Waals surface area contributed by atoms with E-state index < -0.39 is 6.09 Å². The Labute approximate surface area is 116 Å². The fourth-order valence-corrected chi connectivity index (χ4v) is 2.62. The maximum absolute atomic E-state index is 10.7. The van der Waals surface area contributed by atoms with E-state index >= 15 is 0 Å². The molecular formula is C17H14NO2. The summed E-state index contributed by atoms with van der Waals surface area (Å²) in [5, 5.41) is 17.6. The lowest BCUT2D eigenvalue weighted by atomic mass is 9.96. The van der Waals surface area contributed by atoms with Gasteiger partial charge in [-0.05, 0) is 46.2 Å². The second-order valence-corrected chi connectivity index (χ2v) is 4.92. The molecule has 0 aromatic heterocycles. The third-order valence-electron chi connectivity index (χ3n) is 3.58. The summed E-state index contributed by atoms with van der Waals surface area (Å²) in [5.41, 5.74) is 0.956. The van der Waals surface area contributed by atoms with Gasteiger partial charge >= 0.3 is 6.09 Å². The lowest BCUT2D eigenvalue weighted by Gasteiger charge is -2.14. The van der Waals surface area contributed by atoms with Crippen molar-refractivity contribution in [2.75, 3.05) is 0 Å². The topological polar surface area (TPSA) is 49.0 Å². The summed E-state index contributed by atoms with van der Waals surface area (Å²) >= 11 is 0. The van der Waals surface area contributed by atoms with E-state index in [1.807, 2.05) is 37.3 Å². The molecule has 1 radical (unpaired) electrons. The van der Waals surface area contributed by atoms with Gasteiger partial charge in [0.1, 0.15) is 0 Å². The Morgan fingerprint density at radius 1 is 0.950 bits per heavy atom. The monoisotopic (exact) mass is 264 g/mol. The molecule has 99 valence electrons. The van der Waals surface area contributed by atoms with Gasteiger partial charge in [0.2, 0.25) is 0 Å². The highest BCUT2D eigenvalue weighted by Gasteiger charge is 2.12. The van der Waals surface area contributed by atoms with Gasteiger partial charge in [-0.1, -0.05) is 42.5 Å². The summed E-state index contributed by atoms with van der Waals surface area (Å²) in [6.45, 7) is 1.82. The van der Waals surface area contributed by atoms with E-state index in [2.05, 4.69) is 29.6 Å². The first-order chi connectivity index (χ1) is 9.65. The van der Waals surface area contributed by atoms with Gasteiger partial charge in [0.25, 0.3) is 0 Å². The SMILES string of the molecule is CC(NC([O])=O)c1cccc2cc3ccccc3cc12. The van der Waals surface area contributed by atoms with Crippen LogP contribution in [0.1, 0.15) is 18.5 Å². The summed E-state index contributed by atoms with van der Waals surface area (Å²) in [5.74, 6) is 0. The predicted octanol–water partition coefficient (Wildman–Crippen LogP) is 4.19. The fraction of sp³-hybridized carbons (Fsp3) is 0.118. The van der Waals surface area contributed by atoms with Gasteiger partial charge in [-0.2, -0.15) is 0 Å². The Balaban J connectivity index is 2.22. The van der Waals surface area contributed by atoms with Crippen LogP contribution in [0, 0.1) is 0 Å². The van der Waals surface area contributed by atoms with Crippen LogP contribution in [0.3, 0.4) is 0 Å². The van der Waals surface area contributed by atoms with Crippen LogP contribution in [0.2, 0.25) is 0 Å². The first kappa shape index (κ1) is 12.5. The second kappa shape index (κ2) is 4.85. The Morgan fingerprint density at radius 2 is 1.60 bits per heavy atom. The van der Waals surface area contributed by atoms with Crippen molar-refractivity contribution in [1.29, 1.82) is 0 Å². The van der Waals surface area contributed by atoms with Crippen LogP contribution in [0.15, 0.2) is 54.6 Å². The maximum atomic E-state index is 10.7. The largest absolute Gasteiger partial charge is 0.451 e. The van der Waals surface area contributed by atoms with Gasteiger partial charge in [0.15, 0.2) is 0 Å². The van der Waals surface area contributed by atoms with Gasteiger partial charge in [0.05, 0.1) is 6.04 Å². The summed E-state index contributed by atoms with van der Waals surface area (Å²) in [6.07, 6.45) is -1.25. The van der Waals surface area contributed by atoms with E-state index in [9.17, 15) is 9.90 Å². The number of hydrogen-bond donors (Lipinski definition) is 1. The molecule has 3 rings (SSSR count). The summed E-state index contributed by atoms with van der Waals surface area (Å²) in [6, 6.07) is 18.0. The van der Waals surface area contributed by atoms with Gasteiger partial charge in [-0.3, -0.25) is 0 Å². The van der Waals surface area contributed by atoms with Crippen molar-refractivity contribution >= 4 is 27.6 Å². The Kier molecular flexibility index (Phi) is 3.03. The molecule has 1 N–H and O–H groups in total. The van der Waals surface area contributed by atoms with Crippen LogP contribution in [0.5, 0.6) is 0 Å². The number of fused-ring (bicyclic) bond motifs is 2. The lowest BCUT2D eigenvalue weighted by Crippen LogP contribution is -2.23. The van der Waals surface area contributed by atoms with Crippen molar-refractivity contribution in [2.24, 2.45) is 0 Å². The fourth-order valence-electron chi connectivity index (χ4n) is 2.62. The Morgan fingerprint density at radius 3 is 2.30 bits per heavy atom. The van der Waals surface area contributed by atoms with E-state index in [4.69, 9.17) is 0 Å². The summed E-state index contributed by atoms with van der Waals surface area (Å²) in [7, 11) is 0. The van der Waals surface area contributed by atoms with Crippen LogP contribution < -0.4 is 5.32 Å². The van der Waals surface area contributed by atoms with E-state index in [1.165, 1.54) is 5.39 Å². The molecule has 0 spiro atoms. The molecule has 0 aliphatic rings. The number of rotatable bonds is 2. The molecule has 3 aromatic rings. The number of amides is 1. The minimum atomic E-state index is -1.25. The third-order valence-corrected chi connectivity index (χ3v) is 3.58. The van der Waals surface area contributed by atoms with Gasteiger partial charge in [0, 0.05) is 0 Å². The van der Waals surface area contributed by atoms with E-state index in [0.717, 1.165) is 21.7 Å². The standard InChI is InChI=1S/C17H14NO2/c1-11(18-17(19)20)15-8-4-7-14-9-12-5-2-3-6-13(12)10-16(14)15/h2-11,18H,1H3. The molecule has 0 heterocycles. The highest BCUT2D eigenvalue weighted by atomic mass is 16.4. The molecule has 0 aliphatic heterocycles. The highest BCUT2D eigenvalue weighted by molar-refractivity contribution is 5.99. The van der Waals surface area contributed by atoms with Crippen molar-refractivity contribution in [3.8, 4) is 0 Å². The van der Waals surface area contributed by atoms with Crippen LogP contribution >= 0.6 is 0 Å². The van der Waals surface area contributed by atoms with Gasteiger partial charge in [-0.15, -0.1) is 0 Å². The lowest BCUT2D eigenvalue weighted by molar-refractivity contribution is 0.165. The van der Waals surface area contributed by atoms with Crippen LogP contribution in [-0.2, 0) is 5.11 Å². The van der Waals surface area contributed by atoms with Crippen molar-refractivity contribution in [3.63, 3.8) is 0 Å². The van der Waals surface area contributed by atoms with Crippen LogP contribution in [0.4, 0.5) is 4.79 Å². The zero-order valence-corrected chi connectivity index (χ0v) is 11.1. The Hall–Kier alpha value is -2.55. The molecule has 1 unspecified atom stereocenters. The highest BCUT2D eigenvalue weighted by Crippen LogP contribution is 2.28. The molecule has 0 bridgehead atoms. The summed E-state index contributed by atoms with van der Waals surface area (Å²) < 4.78 is 0. The normalized spacial score (nSPS) is 12.4. The average Bonchev–Trinajstić information content (AvgIpc) is 2.43. The van der Waals surface area contributed by atoms with Crippen molar-refractivity contribution < 1.29 is 9.90 Å². The average molecular weight is 264 g/mol. The molecule has 3 nitrogen and oxygen atoms in total. The molecule has 1 amide bonds. The van der Waals surface area contributed by atoms with E-state index in [0.29, 0.717) is 0 Å². The minimum absolute atomic E-state index is 0.301. The Bertz CT molecular complexity index is 795. The first-order valence-corrected chi connectivity index (χ1v) is 6.54. The van der Waals surface area contributed by atoms with Gasteiger partial charge < -0.3 is 5.32 Å². The zero-order valence-electron chi connectivity index (χ0n) is 11.1. The van der Waals surface area contributed by atoms with Crippen molar-refractivity contribution in [2.45, 2.75) is 13.0 Å². The molecule has 0 aliphatic carbocycles. The smallest absolute Gasteiger partial charge is 0.312 e. The number of carbonyl (C=O) groups excluding carboxylic acids is 1. The summed E-state index contributed by atoms with van der Waals surface area (Å²) in [4.78, 5) is 10.7. The zero-order chi connectivity index (χ0) is 14.1. The predicted molar refractivity (Wildman–Crippen MR) is 79.1 cm³/mol. The van der Waals surface area contributed by atoms with E-state index in [-0.39, 0.29) is 6.04 Å². The first-order valence-electron chi connectivity index (χ1n) is 6.54. The quantitative estimate of drug-likeness (QED) is 0.693. The molecule has 3 aromatic carbocycles. The molecule has 1 atom stereocenters. The van der Waals surface area contributed by atoms with Gasteiger partial charge in [-0.25, -0.2) is 9.90 Å². The number of carbonyl (C=O) groups is 1. The minimum Gasteiger partial charge on any atom is -0.312 e. The molecule has 20 heavy (non-hydrogen) atoms. The molecule has 0 fully saturated rings.